The van der Waals surface area contributed by atoms with Gasteiger partial charge in [0, 0.05) is 10.1 Å². The lowest BCUT2D eigenvalue weighted by Crippen LogP contribution is -1.96. The minimum absolute atomic E-state index is 0.826. The number of allylic oxidation sites excluding steroid dienone is 4. The van der Waals surface area contributed by atoms with Gasteiger partial charge in [-0.1, -0.05) is 53.1 Å². The van der Waals surface area contributed by atoms with Gasteiger partial charge in [-0.2, -0.15) is 0 Å². The Balaban J connectivity index is 2.13. The van der Waals surface area contributed by atoms with E-state index in [1.54, 1.807) is 0 Å². The van der Waals surface area contributed by atoms with Crippen molar-refractivity contribution in [1.82, 2.24) is 0 Å². The molecule has 0 amide bonds. The molecule has 0 heterocycles. The van der Waals surface area contributed by atoms with E-state index in [9.17, 15) is 0 Å². The third-order valence-corrected chi connectivity index (χ3v) is 3.04. The molecule has 77 valence electrons. The topological polar surface area (TPSA) is 0 Å². The first-order chi connectivity index (χ1) is 7.25. The zero-order valence-corrected chi connectivity index (χ0v) is 9.72. The summed E-state index contributed by atoms with van der Waals surface area (Å²) in [5.74, 6) is 0. The molecule has 0 aromatic heterocycles. The van der Waals surface area contributed by atoms with Crippen molar-refractivity contribution in [3.05, 3.63) is 64.0 Å². The summed E-state index contributed by atoms with van der Waals surface area (Å²) in [6, 6.07) is 7.93. The van der Waals surface area contributed by atoms with Gasteiger partial charge in [-0.25, -0.2) is 0 Å². The molecular weight excluding hydrogens is 227 g/mol. The molecule has 1 aliphatic carbocycles. The maximum atomic E-state index is 6.09. The van der Waals surface area contributed by atoms with Gasteiger partial charge in [0.1, 0.15) is 0 Å². The molecule has 1 aromatic carbocycles. The van der Waals surface area contributed by atoms with Crippen LogP contribution in [0, 0.1) is 6.42 Å². The lowest BCUT2D eigenvalue weighted by atomic mass is 9.98. The molecule has 15 heavy (non-hydrogen) atoms. The van der Waals surface area contributed by atoms with Gasteiger partial charge in [0.05, 0.1) is 0 Å². The third kappa shape index (κ3) is 2.87. The summed E-state index contributed by atoms with van der Waals surface area (Å²) >= 11 is 12.0. The number of halogens is 2. The van der Waals surface area contributed by atoms with Crippen LogP contribution < -0.4 is 0 Å². The smallest absolute Gasteiger partial charge is 0.0441 e. The van der Waals surface area contributed by atoms with Crippen molar-refractivity contribution in [2.24, 2.45) is 0 Å². The van der Waals surface area contributed by atoms with Crippen LogP contribution in [-0.4, -0.2) is 0 Å². The predicted molar refractivity (Wildman–Crippen MR) is 66.1 cm³/mol. The van der Waals surface area contributed by atoms with Crippen molar-refractivity contribution in [2.75, 3.05) is 0 Å². The Morgan fingerprint density at radius 1 is 1.07 bits per heavy atom. The van der Waals surface area contributed by atoms with E-state index in [1.807, 2.05) is 24.3 Å². The van der Waals surface area contributed by atoms with Gasteiger partial charge in [0.15, 0.2) is 0 Å². The van der Waals surface area contributed by atoms with E-state index in [0.717, 1.165) is 28.5 Å². The van der Waals surface area contributed by atoms with E-state index in [0.29, 0.717) is 0 Å². The minimum Gasteiger partial charge on any atom is -0.0891 e. The molecular formula is C13H11Cl2. The van der Waals surface area contributed by atoms with Gasteiger partial charge in [-0.05, 0) is 37.0 Å². The van der Waals surface area contributed by atoms with Crippen LogP contribution in [0.5, 0.6) is 0 Å². The highest BCUT2D eigenvalue weighted by Gasteiger charge is 2.07. The van der Waals surface area contributed by atoms with Crippen molar-refractivity contribution >= 4 is 23.2 Å². The van der Waals surface area contributed by atoms with Crippen LogP contribution in [0.25, 0.3) is 0 Å². The number of hydrogen-bond donors (Lipinski definition) is 0. The average Bonchev–Trinajstić information content (AvgIpc) is 2.25. The molecule has 0 atom stereocenters. The highest BCUT2D eigenvalue weighted by molar-refractivity contribution is 6.31. The van der Waals surface area contributed by atoms with Crippen LogP contribution in [0.15, 0.2) is 47.0 Å². The fourth-order valence-corrected chi connectivity index (χ4v) is 1.90. The second-order valence-electron chi connectivity index (χ2n) is 3.53. The van der Waals surface area contributed by atoms with E-state index in [-0.39, 0.29) is 0 Å². The molecule has 1 aliphatic rings. The number of rotatable bonds is 2. The standard InChI is InChI=1S/C13H11Cl2/c14-12-7-5-10(6-8-12)9-11-3-1-2-4-13(11)15/h1-7H,8-9H2. The molecule has 1 radical (unpaired) electrons. The molecule has 2 rings (SSSR count). The van der Waals surface area contributed by atoms with Crippen LogP contribution in [0.2, 0.25) is 5.02 Å². The molecule has 1 aromatic rings. The quantitative estimate of drug-likeness (QED) is 0.709. The summed E-state index contributed by atoms with van der Waals surface area (Å²) in [4.78, 5) is 0. The number of hydrogen-bond acceptors (Lipinski definition) is 0. The zero-order valence-electron chi connectivity index (χ0n) is 8.21. The van der Waals surface area contributed by atoms with Gasteiger partial charge in [0.2, 0.25) is 0 Å². The van der Waals surface area contributed by atoms with Crippen molar-refractivity contribution in [1.29, 1.82) is 0 Å². The Bertz CT molecular complexity index is 416. The van der Waals surface area contributed by atoms with E-state index in [1.165, 1.54) is 5.57 Å². The van der Waals surface area contributed by atoms with E-state index in [2.05, 4.69) is 18.6 Å². The van der Waals surface area contributed by atoms with Crippen LogP contribution >= 0.6 is 23.2 Å². The third-order valence-electron chi connectivity index (χ3n) is 2.39. The lowest BCUT2D eigenvalue weighted by molar-refractivity contribution is 1.07. The van der Waals surface area contributed by atoms with Gasteiger partial charge in [-0.15, -0.1) is 0 Å². The van der Waals surface area contributed by atoms with Gasteiger partial charge >= 0.3 is 0 Å². The van der Waals surface area contributed by atoms with E-state index >= 15 is 0 Å². The summed E-state index contributed by atoms with van der Waals surface area (Å²) in [5, 5.41) is 1.71. The second kappa shape index (κ2) is 4.87. The molecule has 0 saturated heterocycles. The maximum Gasteiger partial charge on any atom is 0.0441 e. The first-order valence-corrected chi connectivity index (χ1v) is 5.63. The van der Waals surface area contributed by atoms with E-state index < -0.39 is 0 Å². The normalized spacial score (nSPS) is 15.9. The van der Waals surface area contributed by atoms with Crippen molar-refractivity contribution in [3.8, 4) is 0 Å². The fourth-order valence-electron chi connectivity index (χ4n) is 1.55. The highest BCUT2D eigenvalue weighted by Crippen LogP contribution is 2.25. The van der Waals surface area contributed by atoms with Gasteiger partial charge < -0.3 is 0 Å². The largest absolute Gasteiger partial charge is 0.0891 e. The van der Waals surface area contributed by atoms with Crippen LogP contribution in [0.4, 0.5) is 0 Å². The molecule has 0 unspecified atom stereocenters. The second-order valence-corrected chi connectivity index (χ2v) is 4.42. The molecule has 0 spiro atoms. The molecule has 0 bridgehead atoms. The summed E-state index contributed by atoms with van der Waals surface area (Å²) < 4.78 is 0. The number of benzene rings is 1. The van der Waals surface area contributed by atoms with Crippen LogP contribution in [0.1, 0.15) is 12.0 Å². The molecule has 0 N–H and O–H groups in total. The van der Waals surface area contributed by atoms with Crippen molar-refractivity contribution in [2.45, 2.75) is 12.8 Å². The minimum atomic E-state index is 0.826. The van der Waals surface area contributed by atoms with Crippen molar-refractivity contribution in [3.63, 3.8) is 0 Å². The van der Waals surface area contributed by atoms with E-state index in [4.69, 9.17) is 23.2 Å². The Labute approximate surface area is 100 Å². The Kier molecular flexibility index (Phi) is 3.50. The zero-order chi connectivity index (χ0) is 10.7. The first kappa shape index (κ1) is 10.8. The monoisotopic (exact) mass is 237 g/mol. The van der Waals surface area contributed by atoms with Gasteiger partial charge in [-0.3, -0.25) is 0 Å². The Morgan fingerprint density at radius 2 is 1.87 bits per heavy atom. The predicted octanol–water partition coefficient (Wildman–Crippen LogP) is 4.54. The van der Waals surface area contributed by atoms with Gasteiger partial charge in [0.25, 0.3) is 0 Å². The molecule has 0 saturated carbocycles. The molecule has 0 fully saturated rings. The molecule has 0 aliphatic heterocycles. The fraction of sp³-hybridized carbons (Fsp3) is 0.154. The van der Waals surface area contributed by atoms with Crippen LogP contribution in [-0.2, 0) is 6.42 Å². The van der Waals surface area contributed by atoms with Crippen LogP contribution in [0.3, 0.4) is 0 Å². The summed E-state index contributed by atoms with van der Waals surface area (Å²) in [6.45, 7) is 0. The highest BCUT2D eigenvalue weighted by atomic mass is 35.5. The SMILES string of the molecule is ClC1=CC=C(Cc2ccccc2Cl)[CH]C1. The summed E-state index contributed by atoms with van der Waals surface area (Å²) in [7, 11) is 0. The molecule has 0 nitrogen and oxygen atoms in total. The maximum absolute atomic E-state index is 6.09. The lowest BCUT2D eigenvalue weighted by Gasteiger charge is -2.11. The van der Waals surface area contributed by atoms with Crippen molar-refractivity contribution < 1.29 is 0 Å². The first-order valence-electron chi connectivity index (χ1n) is 4.87. The Morgan fingerprint density at radius 3 is 2.53 bits per heavy atom. The Hall–Kier alpha value is -0.720. The molecule has 2 heteroatoms. The summed E-state index contributed by atoms with van der Waals surface area (Å²) in [5.41, 5.74) is 2.43. The summed E-state index contributed by atoms with van der Waals surface area (Å²) in [6.07, 6.45) is 7.85. The average molecular weight is 238 g/mol.